The van der Waals surface area contributed by atoms with Crippen LogP contribution >= 0.6 is 34.5 Å². The first-order valence-corrected chi connectivity index (χ1v) is 9.02. The van der Waals surface area contributed by atoms with Crippen LogP contribution in [0.15, 0.2) is 18.2 Å². The Balaban J connectivity index is 2.11. The standard InChI is InChI=1S/C17H14Cl2N2O4S/c1-3-24-17(23)15-9(2)11(7-20)16(26-15)21-14(22)8-25-13-6-10(18)4-5-12(13)19/h4-6H,3,8H2,1-2H3,(H,21,22). The highest BCUT2D eigenvalue weighted by Gasteiger charge is 2.22. The molecule has 0 bridgehead atoms. The average molecular weight is 413 g/mol. The van der Waals surface area contributed by atoms with E-state index in [2.05, 4.69) is 5.32 Å². The summed E-state index contributed by atoms with van der Waals surface area (Å²) < 4.78 is 10.3. The van der Waals surface area contributed by atoms with Crippen LogP contribution in [-0.2, 0) is 9.53 Å². The summed E-state index contributed by atoms with van der Waals surface area (Å²) in [6, 6.07) is 6.63. The molecule has 136 valence electrons. The minimum Gasteiger partial charge on any atom is -0.482 e. The normalized spacial score (nSPS) is 10.1. The number of nitriles is 1. The third-order valence-electron chi connectivity index (χ3n) is 3.22. The zero-order valence-electron chi connectivity index (χ0n) is 13.9. The number of hydrogen-bond donors (Lipinski definition) is 1. The lowest BCUT2D eigenvalue weighted by atomic mass is 10.2. The van der Waals surface area contributed by atoms with E-state index in [0.29, 0.717) is 15.6 Å². The van der Waals surface area contributed by atoms with Crippen LogP contribution in [0, 0.1) is 18.3 Å². The van der Waals surface area contributed by atoms with Crippen molar-refractivity contribution in [2.45, 2.75) is 13.8 Å². The van der Waals surface area contributed by atoms with Gasteiger partial charge in [-0.3, -0.25) is 4.79 Å². The molecule has 0 radical (unpaired) electrons. The van der Waals surface area contributed by atoms with Gasteiger partial charge in [0.05, 0.1) is 17.2 Å². The Labute approximate surface area is 164 Å². The molecule has 0 saturated carbocycles. The topological polar surface area (TPSA) is 88.4 Å². The number of nitrogens with one attached hydrogen (secondary N) is 1. The monoisotopic (exact) mass is 412 g/mol. The molecule has 2 aromatic rings. The lowest BCUT2D eigenvalue weighted by Crippen LogP contribution is -2.20. The van der Waals surface area contributed by atoms with E-state index in [9.17, 15) is 14.9 Å². The third-order valence-corrected chi connectivity index (χ3v) is 4.96. The fourth-order valence-electron chi connectivity index (χ4n) is 2.02. The maximum atomic E-state index is 12.1. The van der Waals surface area contributed by atoms with Crippen LogP contribution in [0.25, 0.3) is 0 Å². The molecule has 0 unspecified atom stereocenters. The van der Waals surface area contributed by atoms with Crippen molar-refractivity contribution in [3.63, 3.8) is 0 Å². The second-order valence-corrected chi connectivity index (χ2v) is 6.87. The van der Waals surface area contributed by atoms with Crippen LogP contribution < -0.4 is 10.1 Å². The fraction of sp³-hybridized carbons (Fsp3) is 0.235. The van der Waals surface area contributed by atoms with Crippen molar-refractivity contribution >= 4 is 51.4 Å². The van der Waals surface area contributed by atoms with E-state index in [1.807, 2.05) is 6.07 Å². The lowest BCUT2D eigenvalue weighted by Gasteiger charge is -2.08. The second kappa shape index (κ2) is 8.90. The number of thiophene rings is 1. The van der Waals surface area contributed by atoms with Crippen LogP contribution in [0.3, 0.4) is 0 Å². The predicted octanol–water partition coefficient (Wildman–Crippen LogP) is 4.43. The minimum atomic E-state index is -0.533. The average Bonchev–Trinajstić information content (AvgIpc) is 2.91. The molecule has 26 heavy (non-hydrogen) atoms. The number of hydrogen-bond acceptors (Lipinski definition) is 6. The van der Waals surface area contributed by atoms with Crippen molar-refractivity contribution in [3.05, 3.63) is 44.2 Å². The van der Waals surface area contributed by atoms with Gasteiger partial charge in [0.1, 0.15) is 21.7 Å². The molecule has 1 aromatic carbocycles. The summed E-state index contributed by atoms with van der Waals surface area (Å²) in [4.78, 5) is 24.3. The molecule has 1 N–H and O–H groups in total. The molecule has 1 aromatic heterocycles. The molecule has 0 aliphatic heterocycles. The molecule has 1 amide bonds. The zero-order chi connectivity index (χ0) is 19.3. The van der Waals surface area contributed by atoms with Crippen LogP contribution in [0.4, 0.5) is 5.00 Å². The number of carbonyl (C=O) groups excluding carboxylic acids is 2. The van der Waals surface area contributed by atoms with Crippen molar-refractivity contribution in [2.24, 2.45) is 0 Å². The Morgan fingerprint density at radius 1 is 1.35 bits per heavy atom. The number of ether oxygens (including phenoxy) is 2. The quantitative estimate of drug-likeness (QED) is 0.708. The van der Waals surface area contributed by atoms with Crippen molar-refractivity contribution < 1.29 is 19.1 Å². The van der Waals surface area contributed by atoms with Crippen molar-refractivity contribution in [3.8, 4) is 11.8 Å². The second-order valence-electron chi connectivity index (χ2n) is 5.00. The summed E-state index contributed by atoms with van der Waals surface area (Å²) in [7, 11) is 0. The van der Waals surface area contributed by atoms with Crippen molar-refractivity contribution in [1.29, 1.82) is 5.26 Å². The van der Waals surface area contributed by atoms with E-state index in [0.717, 1.165) is 11.3 Å². The van der Waals surface area contributed by atoms with Crippen LogP contribution in [0.1, 0.15) is 27.7 Å². The van der Waals surface area contributed by atoms with Crippen LogP contribution in [0.5, 0.6) is 5.75 Å². The SMILES string of the molecule is CCOC(=O)c1sc(NC(=O)COc2cc(Cl)ccc2Cl)c(C#N)c1C. The van der Waals surface area contributed by atoms with Crippen LogP contribution in [0.2, 0.25) is 10.0 Å². The van der Waals surface area contributed by atoms with E-state index in [1.54, 1.807) is 26.0 Å². The highest BCUT2D eigenvalue weighted by atomic mass is 35.5. The number of carbonyl (C=O) groups is 2. The molecular formula is C17H14Cl2N2O4S. The molecule has 0 spiro atoms. The first-order chi connectivity index (χ1) is 12.4. The summed E-state index contributed by atoms with van der Waals surface area (Å²) in [5.41, 5.74) is 0.678. The maximum Gasteiger partial charge on any atom is 0.348 e. The van der Waals surface area contributed by atoms with Gasteiger partial charge in [-0.25, -0.2) is 4.79 Å². The van der Waals surface area contributed by atoms with Crippen molar-refractivity contribution in [1.82, 2.24) is 0 Å². The minimum absolute atomic E-state index is 0.215. The summed E-state index contributed by atoms with van der Waals surface area (Å²) in [6.45, 7) is 3.19. The highest BCUT2D eigenvalue weighted by molar-refractivity contribution is 7.18. The predicted molar refractivity (Wildman–Crippen MR) is 100 cm³/mol. The summed E-state index contributed by atoms with van der Waals surface area (Å²) in [5.74, 6) is -0.771. The molecule has 6 nitrogen and oxygen atoms in total. The lowest BCUT2D eigenvalue weighted by molar-refractivity contribution is -0.118. The number of anilines is 1. The Morgan fingerprint density at radius 2 is 2.08 bits per heavy atom. The molecular weight excluding hydrogens is 399 g/mol. The van der Waals surface area contributed by atoms with Gasteiger partial charge in [-0.2, -0.15) is 5.26 Å². The molecule has 9 heteroatoms. The molecule has 1 heterocycles. The number of esters is 1. The Morgan fingerprint density at radius 3 is 2.73 bits per heavy atom. The number of nitrogens with zero attached hydrogens (tertiary/aromatic N) is 1. The summed E-state index contributed by atoms with van der Waals surface area (Å²) in [5, 5.41) is 12.9. The molecule has 0 atom stereocenters. The van der Waals surface area contributed by atoms with Gasteiger partial charge in [0.15, 0.2) is 6.61 Å². The first-order valence-electron chi connectivity index (χ1n) is 7.45. The van der Waals surface area contributed by atoms with Gasteiger partial charge in [0.25, 0.3) is 5.91 Å². The smallest absolute Gasteiger partial charge is 0.348 e. The molecule has 0 saturated heterocycles. The van der Waals surface area contributed by atoms with Gasteiger partial charge in [0.2, 0.25) is 0 Å². The summed E-state index contributed by atoms with van der Waals surface area (Å²) >= 11 is 12.8. The van der Waals surface area contributed by atoms with Gasteiger partial charge in [-0.05, 0) is 31.5 Å². The van der Waals surface area contributed by atoms with E-state index in [1.165, 1.54) is 6.07 Å². The largest absolute Gasteiger partial charge is 0.482 e. The molecule has 2 rings (SSSR count). The van der Waals surface area contributed by atoms with Gasteiger partial charge in [-0.1, -0.05) is 23.2 Å². The molecule has 0 aliphatic rings. The molecule has 0 aliphatic carbocycles. The van der Waals surface area contributed by atoms with Crippen molar-refractivity contribution in [2.75, 3.05) is 18.5 Å². The Bertz CT molecular complexity index is 890. The zero-order valence-corrected chi connectivity index (χ0v) is 16.2. The molecule has 0 fully saturated rings. The van der Waals surface area contributed by atoms with E-state index in [4.69, 9.17) is 32.7 Å². The van der Waals surface area contributed by atoms with E-state index >= 15 is 0 Å². The Hall–Kier alpha value is -2.27. The van der Waals surface area contributed by atoms with Gasteiger partial charge < -0.3 is 14.8 Å². The summed E-state index contributed by atoms with van der Waals surface area (Å²) in [6.07, 6.45) is 0. The number of rotatable bonds is 6. The number of halogens is 2. The van der Waals surface area contributed by atoms with E-state index in [-0.39, 0.29) is 34.4 Å². The fourth-order valence-corrected chi connectivity index (χ4v) is 3.42. The van der Waals surface area contributed by atoms with Gasteiger partial charge in [-0.15, -0.1) is 11.3 Å². The Kier molecular flexibility index (Phi) is 6.86. The first kappa shape index (κ1) is 20.0. The number of benzene rings is 1. The van der Waals surface area contributed by atoms with Gasteiger partial charge in [0, 0.05) is 11.1 Å². The van der Waals surface area contributed by atoms with Crippen LogP contribution in [-0.4, -0.2) is 25.1 Å². The highest BCUT2D eigenvalue weighted by Crippen LogP contribution is 2.33. The third kappa shape index (κ3) is 4.67. The maximum absolute atomic E-state index is 12.1. The van der Waals surface area contributed by atoms with E-state index < -0.39 is 11.9 Å². The number of amides is 1. The van der Waals surface area contributed by atoms with Gasteiger partial charge >= 0.3 is 5.97 Å².